The molecule has 0 saturated heterocycles. The van der Waals surface area contributed by atoms with Crippen LogP contribution in [0.5, 0.6) is 17.2 Å². The summed E-state index contributed by atoms with van der Waals surface area (Å²) in [6.45, 7) is 2.08. The first-order valence-corrected chi connectivity index (χ1v) is 12.8. The number of methoxy groups -OCH3 is 2. The fourth-order valence-electron chi connectivity index (χ4n) is 3.53. The highest BCUT2D eigenvalue weighted by molar-refractivity contribution is 6.35. The van der Waals surface area contributed by atoms with Crippen LogP contribution in [-0.4, -0.2) is 51.3 Å². The highest BCUT2D eigenvalue weighted by Gasteiger charge is 2.12. The van der Waals surface area contributed by atoms with Crippen molar-refractivity contribution in [2.45, 2.75) is 19.8 Å². The highest BCUT2D eigenvalue weighted by Crippen LogP contribution is 2.27. The Labute approximate surface area is 237 Å². The lowest BCUT2D eigenvalue weighted by atomic mass is 10.1. The molecule has 0 spiro atoms. The molecule has 210 valence electrons. The summed E-state index contributed by atoms with van der Waals surface area (Å²) in [5, 5.41) is 9.35. The summed E-state index contributed by atoms with van der Waals surface area (Å²) in [7, 11) is 3.09. The number of hydrogen-bond donors (Lipinski definition) is 3. The molecular formula is C29H31ClN4O6. The quantitative estimate of drug-likeness (QED) is 0.174. The van der Waals surface area contributed by atoms with Gasteiger partial charge in [0.25, 0.3) is 5.91 Å². The topological polar surface area (TPSA) is 127 Å². The molecule has 0 aromatic heterocycles. The van der Waals surface area contributed by atoms with Gasteiger partial charge in [-0.3, -0.25) is 14.4 Å². The predicted molar refractivity (Wildman–Crippen MR) is 153 cm³/mol. The number of benzene rings is 3. The number of anilines is 1. The second-order valence-corrected chi connectivity index (χ2v) is 8.88. The Bertz CT molecular complexity index is 1360. The fourth-order valence-corrected chi connectivity index (χ4v) is 3.78. The van der Waals surface area contributed by atoms with Crippen LogP contribution in [0.1, 0.15) is 23.6 Å². The number of carbonyl (C=O) groups excluding carboxylic acids is 3. The number of amides is 3. The largest absolute Gasteiger partial charge is 0.493 e. The molecule has 0 aliphatic carbocycles. The van der Waals surface area contributed by atoms with Crippen molar-refractivity contribution in [3.8, 4) is 17.2 Å². The molecule has 0 unspecified atom stereocenters. The van der Waals surface area contributed by atoms with Gasteiger partial charge in [0.2, 0.25) is 0 Å². The fraction of sp³-hybridized carbons (Fsp3) is 0.241. The first-order valence-electron chi connectivity index (χ1n) is 12.5. The van der Waals surface area contributed by atoms with Gasteiger partial charge in [-0.25, -0.2) is 5.43 Å². The van der Waals surface area contributed by atoms with E-state index in [2.05, 4.69) is 28.1 Å². The van der Waals surface area contributed by atoms with Crippen LogP contribution in [0, 0.1) is 0 Å². The number of nitrogens with one attached hydrogen (secondary N) is 3. The lowest BCUT2D eigenvalue weighted by Gasteiger charge is -2.10. The number of aryl methyl sites for hydroxylation is 1. The molecule has 0 atom stereocenters. The molecule has 3 rings (SSSR count). The van der Waals surface area contributed by atoms with Crippen molar-refractivity contribution in [3.05, 3.63) is 82.4 Å². The first-order chi connectivity index (χ1) is 19.3. The number of hydrazone groups is 1. The van der Waals surface area contributed by atoms with Gasteiger partial charge in [-0.05, 0) is 72.0 Å². The van der Waals surface area contributed by atoms with Gasteiger partial charge in [0.1, 0.15) is 5.75 Å². The summed E-state index contributed by atoms with van der Waals surface area (Å²) >= 11 is 6.26. The second kappa shape index (κ2) is 15.1. The van der Waals surface area contributed by atoms with Gasteiger partial charge in [-0.15, -0.1) is 0 Å². The molecule has 0 radical (unpaired) electrons. The lowest BCUT2D eigenvalue weighted by molar-refractivity contribution is -0.139. The molecule has 0 bridgehead atoms. The van der Waals surface area contributed by atoms with Crippen LogP contribution in [-0.2, 0) is 27.2 Å². The van der Waals surface area contributed by atoms with Gasteiger partial charge in [0.05, 0.1) is 25.5 Å². The van der Waals surface area contributed by atoms with E-state index in [-0.39, 0.29) is 24.1 Å². The van der Waals surface area contributed by atoms with Crippen LogP contribution >= 0.6 is 11.6 Å². The molecule has 0 fully saturated rings. The number of halogens is 1. The van der Waals surface area contributed by atoms with Crippen LogP contribution in [0.15, 0.2) is 65.8 Å². The summed E-state index contributed by atoms with van der Waals surface area (Å²) in [5.41, 5.74) is 5.48. The van der Waals surface area contributed by atoms with E-state index in [0.29, 0.717) is 34.9 Å². The van der Waals surface area contributed by atoms with Crippen molar-refractivity contribution in [1.29, 1.82) is 0 Å². The van der Waals surface area contributed by atoms with Gasteiger partial charge in [-0.1, -0.05) is 36.7 Å². The van der Waals surface area contributed by atoms with Gasteiger partial charge < -0.3 is 24.8 Å². The maximum absolute atomic E-state index is 12.2. The molecule has 0 aliphatic heterocycles. The van der Waals surface area contributed by atoms with Crippen LogP contribution in [0.3, 0.4) is 0 Å². The van der Waals surface area contributed by atoms with Crippen molar-refractivity contribution in [1.82, 2.24) is 10.7 Å². The number of hydrogen-bond acceptors (Lipinski definition) is 7. The SMILES string of the molecule is CCc1ccc(NC(=O)COc2ccc(/C=N\NC(=O)C(=O)NCCc3ccc(OC)c(OC)c3)cc2Cl)cc1. The number of rotatable bonds is 12. The van der Waals surface area contributed by atoms with E-state index in [1.54, 1.807) is 44.6 Å². The minimum Gasteiger partial charge on any atom is -0.493 e. The molecule has 0 saturated carbocycles. The Morgan fingerprint density at radius 1 is 0.875 bits per heavy atom. The average Bonchev–Trinajstić information content (AvgIpc) is 2.96. The third-order valence-corrected chi connectivity index (χ3v) is 5.99. The predicted octanol–water partition coefficient (Wildman–Crippen LogP) is 3.75. The van der Waals surface area contributed by atoms with Gasteiger partial charge in [-0.2, -0.15) is 5.10 Å². The van der Waals surface area contributed by atoms with E-state index in [0.717, 1.165) is 12.0 Å². The molecular weight excluding hydrogens is 536 g/mol. The summed E-state index contributed by atoms with van der Waals surface area (Å²) in [6.07, 6.45) is 2.74. The van der Waals surface area contributed by atoms with Crippen molar-refractivity contribution in [2.75, 3.05) is 32.7 Å². The minimum absolute atomic E-state index is 0.222. The van der Waals surface area contributed by atoms with Crippen LogP contribution in [0.2, 0.25) is 5.02 Å². The minimum atomic E-state index is -0.912. The number of carbonyl (C=O) groups is 3. The van der Waals surface area contributed by atoms with Crippen molar-refractivity contribution < 1.29 is 28.6 Å². The van der Waals surface area contributed by atoms with E-state index >= 15 is 0 Å². The van der Waals surface area contributed by atoms with Crippen molar-refractivity contribution in [3.63, 3.8) is 0 Å². The van der Waals surface area contributed by atoms with Gasteiger partial charge in [0.15, 0.2) is 18.1 Å². The smallest absolute Gasteiger partial charge is 0.329 e. The Hall–Kier alpha value is -4.57. The molecule has 40 heavy (non-hydrogen) atoms. The Balaban J connectivity index is 1.41. The average molecular weight is 567 g/mol. The standard InChI is InChI=1S/C29H31ClN4O6/c1-4-19-5-9-22(10-6-19)33-27(35)18-40-24-11-8-21(15-23(24)30)17-32-34-29(37)28(36)31-14-13-20-7-12-25(38-2)26(16-20)39-3/h5-12,15-17H,4,13-14,18H2,1-3H3,(H,31,36)(H,33,35)(H,34,37)/b32-17-. The van der Waals surface area contributed by atoms with E-state index in [9.17, 15) is 14.4 Å². The molecule has 10 nitrogen and oxygen atoms in total. The number of nitrogens with zero attached hydrogens (tertiary/aromatic N) is 1. The zero-order valence-electron chi connectivity index (χ0n) is 22.5. The third kappa shape index (κ3) is 9.02. The molecule has 3 amide bonds. The summed E-state index contributed by atoms with van der Waals surface area (Å²) in [5.74, 6) is -0.558. The zero-order valence-corrected chi connectivity index (χ0v) is 23.2. The summed E-state index contributed by atoms with van der Waals surface area (Å²) < 4.78 is 16.0. The molecule has 0 heterocycles. The van der Waals surface area contributed by atoms with E-state index in [1.165, 1.54) is 11.8 Å². The Morgan fingerprint density at radius 3 is 2.25 bits per heavy atom. The highest BCUT2D eigenvalue weighted by atomic mass is 35.5. The Kier molecular flexibility index (Phi) is 11.3. The summed E-state index contributed by atoms with van der Waals surface area (Å²) in [6, 6.07) is 17.8. The van der Waals surface area contributed by atoms with E-state index in [4.69, 9.17) is 25.8 Å². The Morgan fingerprint density at radius 2 is 1.57 bits per heavy atom. The molecule has 0 aliphatic rings. The lowest BCUT2D eigenvalue weighted by Crippen LogP contribution is -2.38. The van der Waals surface area contributed by atoms with Crippen molar-refractivity contribution in [2.24, 2.45) is 5.10 Å². The van der Waals surface area contributed by atoms with E-state index < -0.39 is 11.8 Å². The molecule has 3 aromatic rings. The maximum atomic E-state index is 12.2. The van der Waals surface area contributed by atoms with Crippen LogP contribution in [0.4, 0.5) is 5.69 Å². The van der Waals surface area contributed by atoms with E-state index in [1.807, 2.05) is 30.3 Å². The summed E-state index contributed by atoms with van der Waals surface area (Å²) in [4.78, 5) is 36.3. The normalized spacial score (nSPS) is 10.6. The van der Waals surface area contributed by atoms with Crippen LogP contribution in [0.25, 0.3) is 0 Å². The molecule has 11 heteroatoms. The van der Waals surface area contributed by atoms with Gasteiger partial charge in [0, 0.05) is 12.2 Å². The maximum Gasteiger partial charge on any atom is 0.329 e. The first kappa shape index (κ1) is 30.0. The van der Waals surface area contributed by atoms with Gasteiger partial charge >= 0.3 is 11.8 Å². The monoisotopic (exact) mass is 566 g/mol. The number of ether oxygens (including phenoxy) is 3. The zero-order chi connectivity index (χ0) is 28.9. The third-order valence-electron chi connectivity index (χ3n) is 5.69. The second-order valence-electron chi connectivity index (χ2n) is 8.47. The molecule has 3 aromatic carbocycles. The van der Waals surface area contributed by atoms with Crippen LogP contribution < -0.4 is 30.3 Å². The molecule has 3 N–H and O–H groups in total. The van der Waals surface area contributed by atoms with Crippen molar-refractivity contribution >= 4 is 41.2 Å².